The molecular formula is C68H108N2O2S2. The summed E-state index contributed by atoms with van der Waals surface area (Å²) in [7, 11) is 0. The van der Waals surface area contributed by atoms with Crippen LogP contribution in [-0.2, 0) is 12.8 Å². The van der Waals surface area contributed by atoms with Gasteiger partial charge in [0.25, 0.3) is 0 Å². The maximum atomic E-state index is 10.9. The predicted octanol–water partition coefficient (Wildman–Crippen LogP) is 23.5. The van der Waals surface area contributed by atoms with Crippen molar-refractivity contribution in [2.24, 2.45) is 0 Å². The molecule has 0 saturated carbocycles. The Morgan fingerprint density at radius 1 is 0.365 bits per heavy atom. The van der Waals surface area contributed by atoms with Crippen molar-refractivity contribution in [3.63, 3.8) is 0 Å². The maximum Gasteiger partial charge on any atom is 0.128 e. The average Bonchev–Trinajstić information content (AvgIpc) is 4.08. The second kappa shape index (κ2) is 45.8. The van der Waals surface area contributed by atoms with E-state index in [1.165, 1.54) is 242 Å². The van der Waals surface area contributed by atoms with Crippen LogP contribution in [0.1, 0.15) is 317 Å². The molecule has 3 rings (SSSR count). The van der Waals surface area contributed by atoms with Gasteiger partial charge < -0.3 is 9.47 Å². The van der Waals surface area contributed by atoms with Gasteiger partial charge in [-0.25, -0.2) is 0 Å². The lowest BCUT2D eigenvalue weighted by atomic mass is 9.97. The summed E-state index contributed by atoms with van der Waals surface area (Å²) in [5.41, 5.74) is 5.36. The highest BCUT2D eigenvalue weighted by Gasteiger charge is 2.20. The van der Waals surface area contributed by atoms with Crippen molar-refractivity contribution in [3.05, 3.63) is 67.0 Å². The largest absolute Gasteiger partial charge is 0.493 e. The molecule has 1 aromatic carbocycles. The molecule has 0 amide bonds. The minimum atomic E-state index is 0.571. The monoisotopic (exact) mass is 1050 g/mol. The van der Waals surface area contributed by atoms with E-state index in [0.29, 0.717) is 35.9 Å². The van der Waals surface area contributed by atoms with Crippen molar-refractivity contribution in [2.75, 3.05) is 13.2 Å². The average molecular weight is 1050 g/mol. The molecule has 2 aromatic heterocycles. The summed E-state index contributed by atoms with van der Waals surface area (Å²) in [4.78, 5) is 2.18. The molecule has 2 heterocycles. The number of nitriles is 2. The van der Waals surface area contributed by atoms with Crippen molar-refractivity contribution in [1.82, 2.24) is 0 Å². The Hall–Kier alpha value is -3.32. The molecule has 3 aromatic rings. The van der Waals surface area contributed by atoms with Crippen LogP contribution in [0.2, 0.25) is 0 Å². The summed E-state index contributed by atoms with van der Waals surface area (Å²) in [6.45, 7) is 10.3. The SMILES string of the molecule is CCCCCCCCCCCCOc1cc(/C(C#N)=C/c2cc(CCCCCCCCCCCC)cs2)c(OCCCCCCCCCCCC)cc1/C(C#N)=C/c1cc(CCCCCCCCCCCC)cs1. The number of nitrogens with zero attached hydrogens (tertiary/aromatic N) is 2. The number of rotatable bonds is 50. The number of thiophene rings is 2. The molecule has 0 aliphatic carbocycles. The lowest BCUT2D eigenvalue weighted by molar-refractivity contribution is 0.295. The number of ether oxygens (including phenoxy) is 2. The molecule has 0 fully saturated rings. The fourth-order valence-corrected chi connectivity index (χ4v) is 12.0. The van der Waals surface area contributed by atoms with E-state index in [2.05, 4.69) is 62.7 Å². The van der Waals surface area contributed by atoms with Gasteiger partial charge in [-0.05, 0) is 96.8 Å². The lowest BCUT2D eigenvalue weighted by Crippen LogP contribution is -2.05. The number of hydrogen-bond donors (Lipinski definition) is 0. The van der Waals surface area contributed by atoms with Crippen molar-refractivity contribution in [3.8, 4) is 23.6 Å². The number of benzene rings is 1. The molecule has 0 radical (unpaired) electrons. The summed E-state index contributed by atoms with van der Waals surface area (Å²) in [6, 6.07) is 13.8. The van der Waals surface area contributed by atoms with Crippen molar-refractivity contribution < 1.29 is 9.47 Å². The molecule has 0 aliphatic heterocycles. The zero-order valence-electron chi connectivity index (χ0n) is 48.3. The minimum absolute atomic E-state index is 0.571. The third kappa shape index (κ3) is 31.0. The third-order valence-electron chi connectivity index (χ3n) is 15.0. The van der Waals surface area contributed by atoms with Gasteiger partial charge in [0.05, 0.1) is 36.5 Å². The first-order valence-corrected chi connectivity index (χ1v) is 33.1. The molecule has 0 saturated heterocycles. The van der Waals surface area contributed by atoms with Gasteiger partial charge in [-0.2, -0.15) is 10.5 Å². The highest BCUT2D eigenvalue weighted by Crippen LogP contribution is 2.39. The van der Waals surface area contributed by atoms with E-state index in [1.807, 2.05) is 24.3 Å². The van der Waals surface area contributed by atoms with Gasteiger partial charge in [-0.1, -0.05) is 259 Å². The van der Waals surface area contributed by atoms with Crippen LogP contribution in [0, 0.1) is 22.7 Å². The fraction of sp³-hybridized carbons (Fsp3) is 0.706. The normalized spacial score (nSPS) is 11.9. The number of allylic oxidation sites excluding steroid dienone is 2. The van der Waals surface area contributed by atoms with E-state index in [9.17, 15) is 10.5 Å². The van der Waals surface area contributed by atoms with Gasteiger partial charge in [0.15, 0.2) is 0 Å². The van der Waals surface area contributed by atoms with Crippen LogP contribution >= 0.6 is 22.7 Å². The molecular weight excluding hydrogens is 941 g/mol. The summed E-state index contributed by atoms with van der Waals surface area (Å²) >= 11 is 3.44. The van der Waals surface area contributed by atoms with Crippen LogP contribution in [0.4, 0.5) is 0 Å². The molecule has 0 spiro atoms. The molecule has 0 bridgehead atoms. The Kier molecular flexibility index (Phi) is 40.2. The third-order valence-corrected chi connectivity index (χ3v) is 16.8. The molecule has 0 unspecified atom stereocenters. The van der Waals surface area contributed by atoms with Gasteiger partial charge in [0.1, 0.15) is 11.5 Å². The summed E-state index contributed by atoms with van der Waals surface area (Å²) in [6.07, 6.45) is 58.2. The molecule has 4 nitrogen and oxygen atoms in total. The molecule has 74 heavy (non-hydrogen) atoms. The zero-order chi connectivity index (χ0) is 52.8. The van der Waals surface area contributed by atoms with Crippen LogP contribution in [0.5, 0.6) is 11.5 Å². The Labute approximate surface area is 464 Å². The molecule has 414 valence electrons. The van der Waals surface area contributed by atoms with Crippen molar-refractivity contribution in [2.45, 2.75) is 297 Å². The number of unbranched alkanes of at least 4 members (excludes halogenated alkanes) is 36. The first-order chi connectivity index (χ1) is 36.6. The van der Waals surface area contributed by atoms with E-state index in [4.69, 9.17) is 9.47 Å². The van der Waals surface area contributed by atoms with Crippen LogP contribution in [0.15, 0.2) is 35.0 Å². The summed E-state index contributed by atoms with van der Waals surface area (Å²) < 4.78 is 13.5. The van der Waals surface area contributed by atoms with Gasteiger partial charge in [-0.3, -0.25) is 0 Å². The number of hydrogen-bond acceptors (Lipinski definition) is 6. The number of aryl methyl sites for hydroxylation is 2. The molecule has 0 N–H and O–H groups in total. The van der Waals surface area contributed by atoms with E-state index >= 15 is 0 Å². The second-order valence-electron chi connectivity index (χ2n) is 21.8. The summed E-state index contributed by atoms with van der Waals surface area (Å²) in [5.74, 6) is 1.32. The first kappa shape index (κ1) is 65.0. The second-order valence-corrected chi connectivity index (χ2v) is 23.7. The smallest absolute Gasteiger partial charge is 0.128 e. The fourth-order valence-electron chi connectivity index (χ4n) is 10.2. The van der Waals surface area contributed by atoms with Crippen molar-refractivity contribution >= 4 is 46.0 Å². The quantitative estimate of drug-likeness (QED) is 0.0417. The Bertz CT molecular complexity index is 1820. The maximum absolute atomic E-state index is 10.9. The van der Waals surface area contributed by atoms with Crippen LogP contribution < -0.4 is 9.47 Å². The highest BCUT2D eigenvalue weighted by molar-refractivity contribution is 7.11. The first-order valence-electron chi connectivity index (χ1n) is 31.4. The van der Waals surface area contributed by atoms with Crippen LogP contribution in [-0.4, -0.2) is 13.2 Å². The Morgan fingerprint density at radius 2 is 0.622 bits per heavy atom. The van der Waals surface area contributed by atoms with E-state index < -0.39 is 0 Å². The van der Waals surface area contributed by atoms with Crippen molar-refractivity contribution in [1.29, 1.82) is 10.5 Å². The van der Waals surface area contributed by atoms with Gasteiger partial charge >= 0.3 is 0 Å². The van der Waals surface area contributed by atoms with Gasteiger partial charge in [0.2, 0.25) is 0 Å². The van der Waals surface area contributed by atoms with Crippen LogP contribution in [0.25, 0.3) is 23.3 Å². The molecule has 0 atom stereocenters. The van der Waals surface area contributed by atoms with E-state index in [-0.39, 0.29) is 0 Å². The van der Waals surface area contributed by atoms with E-state index in [1.54, 1.807) is 22.7 Å². The highest BCUT2D eigenvalue weighted by atomic mass is 32.1. The predicted molar refractivity (Wildman–Crippen MR) is 328 cm³/mol. The Morgan fingerprint density at radius 3 is 0.892 bits per heavy atom. The molecule has 6 heteroatoms. The topological polar surface area (TPSA) is 66.0 Å². The van der Waals surface area contributed by atoms with Gasteiger partial charge in [-0.15, -0.1) is 22.7 Å². The zero-order valence-corrected chi connectivity index (χ0v) is 49.9. The van der Waals surface area contributed by atoms with E-state index in [0.717, 1.165) is 59.4 Å². The standard InChI is InChI=1S/C68H108N2O2S2/c1-5-9-13-17-21-25-29-33-37-41-45-59-49-63(73-57-59)51-61(55-69)65-53-68(72-48-44-40-36-32-28-24-20-16-12-8-4)66(54-67(65)71-47-43-39-35-31-27-23-19-15-11-7-3)62(56-70)52-64-50-60(58-74-64)46-42-38-34-30-26-22-18-14-10-6-2/h49-54,57-58H,5-48H2,1-4H3/b61-51+,62-52+. The molecule has 0 aliphatic rings. The lowest BCUT2D eigenvalue weighted by Gasteiger charge is -2.18. The van der Waals surface area contributed by atoms with Crippen LogP contribution in [0.3, 0.4) is 0 Å². The van der Waals surface area contributed by atoms with Gasteiger partial charge in [0, 0.05) is 20.9 Å². The minimum Gasteiger partial charge on any atom is -0.493 e. The Balaban J connectivity index is 1.83. The summed E-state index contributed by atoms with van der Waals surface area (Å²) in [5, 5.41) is 26.4.